The number of hydrogen-bond donors (Lipinski definition) is 2. The maximum absolute atomic E-state index is 13.0. The molecule has 36 heavy (non-hydrogen) atoms. The number of aliphatic carboxylic acids is 1. The van der Waals surface area contributed by atoms with Crippen LogP contribution in [0.1, 0.15) is 61.0 Å². The van der Waals surface area contributed by atoms with E-state index in [4.69, 9.17) is 4.74 Å². The number of carboxylic acids is 1. The zero-order chi connectivity index (χ0) is 25.9. The van der Waals surface area contributed by atoms with Crippen LogP contribution >= 0.6 is 0 Å². The van der Waals surface area contributed by atoms with Crippen molar-refractivity contribution in [2.45, 2.75) is 45.6 Å². The number of amides is 1. The van der Waals surface area contributed by atoms with Crippen molar-refractivity contribution in [1.82, 2.24) is 10.3 Å². The van der Waals surface area contributed by atoms with Crippen molar-refractivity contribution in [1.29, 1.82) is 0 Å². The molecule has 1 atom stereocenters. The third-order valence-corrected chi connectivity index (χ3v) is 6.06. The van der Waals surface area contributed by atoms with Crippen molar-refractivity contribution in [3.05, 3.63) is 101 Å². The molecule has 0 saturated heterocycles. The zero-order valence-corrected chi connectivity index (χ0v) is 20.9. The number of aromatic nitrogens is 1. The molecule has 0 unspecified atom stereocenters. The summed E-state index contributed by atoms with van der Waals surface area (Å²) in [5, 5.41) is 14.0. The van der Waals surface area contributed by atoms with E-state index < -0.39 is 17.9 Å². The number of aryl methyl sites for hydroxylation is 1. The average Bonchev–Trinajstić information content (AvgIpc) is 2.86. The van der Waals surface area contributed by atoms with Crippen LogP contribution < -0.4 is 10.1 Å². The number of hydrogen-bond acceptors (Lipinski definition) is 4. The number of carbonyl (C=O) groups is 2. The maximum atomic E-state index is 13.0. The number of carbonyl (C=O) groups excluding carboxylic acids is 1. The first-order chi connectivity index (χ1) is 17.2. The van der Waals surface area contributed by atoms with Gasteiger partial charge < -0.3 is 15.2 Å². The molecular weight excluding hydrogens is 452 g/mol. The molecular formula is C30H30N2O4. The molecule has 0 saturated carbocycles. The summed E-state index contributed by atoms with van der Waals surface area (Å²) in [7, 11) is 0. The maximum Gasteiger partial charge on any atom is 0.330 e. The molecule has 3 aromatic carbocycles. The molecule has 1 heterocycles. The quantitative estimate of drug-likeness (QED) is 0.316. The van der Waals surface area contributed by atoms with Crippen LogP contribution in [0.15, 0.2) is 78.9 Å². The summed E-state index contributed by atoms with van der Waals surface area (Å²) in [6.45, 7) is 8.47. The number of rotatable bonds is 7. The third-order valence-electron chi connectivity index (χ3n) is 6.06. The van der Waals surface area contributed by atoms with Crippen LogP contribution in [0, 0.1) is 0 Å². The highest BCUT2D eigenvalue weighted by atomic mass is 16.5. The smallest absolute Gasteiger partial charge is 0.330 e. The van der Waals surface area contributed by atoms with Crippen molar-refractivity contribution >= 4 is 22.6 Å². The van der Waals surface area contributed by atoms with Crippen LogP contribution in [0.2, 0.25) is 0 Å². The lowest BCUT2D eigenvalue weighted by molar-refractivity contribution is -0.139. The Bertz CT molecular complexity index is 1390. The summed E-state index contributed by atoms with van der Waals surface area (Å²) >= 11 is 0. The first-order valence-corrected chi connectivity index (χ1v) is 12.0. The van der Waals surface area contributed by atoms with Gasteiger partial charge in [-0.1, -0.05) is 76.2 Å². The molecule has 184 valence electrons. The number of carboxylic acid groups (broad SMARTS) is 1. The second-order valence-corrected chi connectivity index (χ2v) is 9.72. The van der Waals surface area contributed by atoms with E-state index in [-0.39, 0.29) is 11.1 Å². The number of benzene rings is 3. The van der Waals surface area contributed by atoms with Crippen LogP contribution in [0.4, 0.5) is 0 Å². The molecule has 4 aromatic rings. The molecule has 1 amide bonds. The van der Waals surface area contributed by atoms with Gasteiger partial charge in [0.1, 0.15) is 17.2 Å². The summed E-state index contributed by atoms with van der Waals surface area (Å²) in [6.07, 6.45) is 0.600. The number of nitrogens with zero attached hydrogens (tertiary/aromatic N) is 1. The van der Waals surface area contributed by atoms with Crippen LogP contribution in [0.25, 0.3) is 10.8 Å². The number of fused-ring (bicyclic) bond motifs is 1. The fourth-order valence-electron chi connectivity index (χ4n) is 4.04. The fraction of sp³-hybridized carbons (Fsp3) is 0.233. The molecule has 0 spiro atoms. The van der Waals surface area contributed by atoms with Crippen LogP contribution in [0.3, 0.4) is 0 Å². The van der Waals surface area contributed by atoms with Gasteiger partial charge in [-0.15, -0.1) is 0 Å². The lowest BCUT2D eigenvalue weighted by Crippen LogP contribution is -2.34. The predicted molar refractivity (Wildman–Crippen MR) is 141 cm³/mol. The number of pyridine rings is 1. The van der Waals surface area contributed by atoms with Gasteiger partial charge in [-0.3, -0.25) is 4.79 Å². The third kappa shape index (κ3) is 5.54. The normalized spacial score (nSPS) is 12.2. The van der Waals surface area contributed by atoms with E-state index in [1.54, 1.807) is 36.4 Å². The molecule has 1 aromatic heterocycles. The molecule has 4 rings (SSSR count). The second-order valence-electron chi connectivity index (χ2n) is 9.72. The lowest BCUT2D eigenvalue weighted by atomic mass is 9.87. The number of nitrogens with one attached hydrogen (secondary N) is 1. The molecule has 0 bridgehead atoms. The highest BCUT2D eigenvalue weighted by molar-refractivity contribution is 5.99. The summed E-state index contributed by atoms with van der Waals surface area (Å²) < 4.78 is 6.09. The Morgan fingerprint density at radius 1 is 0.944 bits per heavy atom. The SMILES string of the molecule is CCc1nc(C(=O)N[C@H](C(=O)O)c2ccccc2)cc2ccc(Oc3ccc(C(C)(C)C)cc3)cc12. The van der Waals surface area contributed by atoms with Gasteiger partial charge in [0.2, 0.25) is 0 Å². The van der Waals surface area contributed by atoms with E-state index in [1.807, 2.05) is 37.3 Å². The van der Waals surface area contributed by atoms with Crippen molar-refractivity contribution in [3.63, 3.8) is 0 Å². The van der Waals surface area contributed by atoms with Gasteiger partial charge in [0.05, 0.1) is 0 Å². The van der Waals surface area contributed by atoms with E-state index >= 15 is 0 Å². The monoisotopic (exact) mass is 482 g/mol. The average molecular weight is 483 g/mol. The second kappa shape index (κ2) is 10.2. The van der Waals surface area contributed by atoms with Gasteiger partial charge in [-0.05, 0) is 58.7 Å². The summed E-state index contributed by atoms with van der Waals surface area (Å²) in [5.41, 5.74) is 2.70. The first-order valence-electron chi connectivity index (χ1n) is 12.0. The molecule has 0 aliphatic rings. The molecule has 0 aliphatic carbocycles. The Kier molecular flexibility index (Phi) is 7.06. The Morgan fingerprint density at radius 2 is 1.61 bits per heavy atom. The minimum Gasteiger partial charge on any atom is -0.479 e. The standard InChI is InChI=1S/C30H30N2O4/c1-5-25-24-18-23(36-22-15-12-21(13-16-22)30(2,3)4)14-11-20(24)17-26(31-25)28(33)32-27(29(34)35)19-9-7-6-8-10-19/h6-18,27H,5H2,1-4H3,(H,32,33)(H,34,35)/t27-/m0/s1. The van der Waals surface area contributed by atoms with Gasteiger partial charge >= 0.3 is 5.97 Å². The van der Waals surface area contributed by atoms with Crippen LogP contribution in [-0.2, 0) is 16.6 Å². The fourth-order valence-corrected chi connectivity index (χ4v) is 4.04. The summed E-state index contributed by atoms with van der Waals surface area (Å²) in [6, 6.07) is 22.8. The van der Waals surface area contributed by atoms with Gasteiger partial charge in [-0.25, -0.2) is 9.78 Å². The van der Waals surface area contributed by atoms with Crippen LogP contribution in [0.5, 0.6) is 11.5 Å². The van der Waals surface area contributed by atoms with E-state index in [1.165, 1.54) is 5.56 Å². The highest BCUT2D eigenvalue weighted by Crippen LogP contribution is 2.30. The van der Waals surface area contributed by atoms with E-state index in [0.29, 0.717) is 17.7 Å². The molecule has 0 radical (unpaired) electrons. The Hall–Kier alpha value is -4.19. The lowest BCUT2D eigenvalue weighted by Gasteiger charge is -2.19. The predicted octanol–water partition coefficient (Wildman–Crippen LogP) is 6.44. The minimum atomic E-state index is -1.17. The Balaban J connectivity index is 1.59. The minimum absolute atomic E-state index is 0.0682. The van der Waals surface area contributed by atoms with Crippen molar-refractivity contribution in [2.24, 2.45) is 0 Å². The molecule has 6 heteroatoms. The largest absolute Gasteiger partial charge is 0.479 e. The van der Waals surface area contributed by atoms with E-state index in [2.05, 4.69) is 43.2 Å². The Labute approximate surface area is 211 Å². The number of ether oxygens (including phenoxy) is 1. The topological polar surface area (TPSA) is 88.5 Å². The molecule has 0 fully saturated rings. The van der Waals surface area contributed by atoms with Crippen molar-refractivity contribution in [3.8, 4) is 11.5 Å². The Morgan fingerprint density at radius 3 is 2.22 bits per heavy atom. The van der Waals surface area contributed by atoms with E-state index in [9.17, 15) is 14.7 Å². The van der Waals surface area contributed by atoms with Gasteiger partial charge in [-0.2, -0.15) is 0 Å². The van der Waals surface area contributed by atoms with Gasteiger partial charge in [0, 0.05) is 11.1 Å². The zero-order valence-electron chi connectivity index (χ0n) is 20.9. The highest BCUT2D eigenvalue weighted by Gasteiger charge is 2.23. The molecule has 6 nitrogen and oxygen atoms in total. The molecule has 0 aliphatic heterocycles. The summed E-state index contributed by atoms with van der Waals surface area (Å²) in [5.74, 6) is -0.259. The van der Waals surface area contributed by atoms with Crippen molar-refractivity contribution < 1.29 is 19.4 Å². The van der Waals surface area contributed by atoms with Crippen molar-refractivity contribution in [2.75, 3.05) is 0 Å². The summed E-state index contributed by atoms with van der Waals surface area (Å²) in [4.78, 5) is 29.3. The van der Waals surface area contributed by atoms with Gasteiger partial charge in [0.15, 0.2) is 6.04 Å². The van der Waals surface area contributed by atoms with Crippen LogP contribution in [-0.4, -0.2) is 22.0 Å². The molecule has 2 N–H and O–H groups in total. The van der Waals surface area contributed by atoms with Gasteiger partial charge in [0.25, 0.3) is 5.91 Å². The first kappa shape index (κ1) is 24.9. The van der Waals surface area contributed by atoms with E-state index in [0.717, 1.165) is 22.2 Å².